The van der Waals surface area contributed by atoms with Crippen LogP contribution < -0.4 is 15.2 Å². The number of nitrogens with zero attached hydrogens (tertiary/aromatic N) is 4. The first-order valence-electron chi connectivity index (χ1n) is 14.5. The molecule has 5 heterocycles. The smallest absolute Gasteiger partial charge is 0.431 e. The van der Waals surface area contributed by atoms with Crippen molar-refractivity contribution >= 4 is 23.8 Å². The van der Waals surface area contributed by atoms with E-state index >= 15 is 4.39 Å². The maximum atomic E-state index is 15.4. The predicted molar refractivity (Wildman–Crippen MR) is 156 cm³/mol. The summed E-state index contributed by atoms with van der Waals surface area (Å²) < 4.78 is 48.3. The summed E-state index contributed by atoms with van der Waals surface area (Å²) in [5, 5.41) is 1.82. The predicted octanol–water partition coefficient (Wildman–Crippen LogP) is 3.88. The minimum Gasteiger partial charge on any atom is -0.431 e. The van der Waals surface area contributed by atoms with E-state index in [-0.39, 0.29) is 42.9 Å². The number of likely N-dealkylation sites (tertiary alicyclic amines) is 1. The number of piperidine rings is 1. The van der Waals surface area contributed by atoms with Crippen LogP contribution in [0.1, 0.15) is 46.1 Å². The molecule has 13 heteroatoms. The van der Waals surface area contributed by atoms with Gasteiger partial charge in [0.05, 0.1) is 19.3 Å². The van der Waals surface area contributed by atoms with E-state index in [1.54, 1.807) is 11.0 Å². The molecule has 2 saturated heterocycles. The number of morpholine rings is 1. The van der Waals surface area contributed by atoms with Crippen molar-refractivity contribution in [2.45, 2.75) is 41.8 Å². The normalized spacial score (nSPS) is 21.9. The fourth-order valence-corrected chi connectivity index (χ4v) is 7.53. The van der Waals surface area contributed by atoms with Gasteiger partial charge in [-0.3, -0.25) is 19.3 Å². The Kier molecular flexibility index (Phi) is 7.55. The van der Waals surface area contributed by atoms with E-state index in [2.05, 4.69) is 4.90 Å². The van der Waals surface area contributed by atoms with E-state index < -0.39 is 47.1 Å². The number of benzene rings is 2. The maximum absolute atomic E-state index is 15.4. The Balaban J connectivity index is 1.37. The quantitative estimate of drug-likeness (QED) is 0.403. The molecule has 3 aromatic rings. The van der Waals surface area contributed by atoms with Crippen molar-refractivity contribution in [2.24, 2.45) is 0 Å². The third-order valence-corrected chi connectivity index (χ3v) is 9.76. The fourth-order valence-electron chi connectivity index (χ4n) is 6.42. The highest BCUT2D eigenvalue weighted by atomic mass is 32.2. The second-order valence-electron chi connectivity index (χ2n) is 11.3. The van der Waals surface area contributed by atoms with Crippen molar-refractivity contribution in [1.82, 2.24) is 14.5 Å². The van der Waals surface area contributed by atoms with Gasteiger partial charge in [0.1, 0.15) is 12.3 Å². The van der Waals surface area contributed by atoms with Crippen molar-refractivity contribution in [3.63, 3.8) is 0 Å². The van der Waals surface area contributed by atoms with Gasteiger partial charge in [-0.15, -0.1) is 11.8 Å². The van der Waals surface area contributed by atoms with Gasteiger partial charge in [0.15, 0.2) is 17.3 Å². The first-order valence-corrected chi connectivity index (χ1v) is 15.5. The SMILES string of the molecule is CN1CCC(OC(=O)Oc2c3n(ccc2=O)N([C@@H]2c4ccccc4SCc4c2ccc(F)c4F)[C@@H]2COCCN2C3=O)CC1. The summed E-state index contributed by atoms with van der Waals surface area (Å²) in [4.78, 5) is 44.8. The number of carbonyl (C=O) groups excluding carboxylic acids is 2. The Morgan fingerprint density at radius 3 is 2.64 bits per heavy atom. The Hall–Kier alpha value is -3.94. The molecule has 1 aromatic heterocycles. The van der Waals surface area contributed by atoms with Gasteiger partial charge in [0.25, 0.3) is 5.91 Å². The van der Waals surface area contributed by atoms with E-state index in [0.29, 0.717) is 18.4 Å². The lowest BCUT2D eigenvalue weighted by molar-refractivity contribution is -0.0200. The molecule has 2 fully saturated rings. The summed E-state index contributed by atoms with van der Waals surface area (Å²) >= 11 is 1.39. The summed E-state index contributed by atoms with van der Waals surface area (Å²) in [6, 6.07) is 10.7. The molecule has 230 valence electrons. The van der Waals surface area contributed by atoms with E-state index in [9.17, 15) is 18.8 Å². The molecule has 10 nitrogen and oxygen atoms in total. The van der Waals surface area contributed by atoms with Crippen molar-refractivity contribution in [2.75, 3.05) is 44.9 Å². The van der Waals surface area contributed by atoms with Crippen LogP contribution in [0.25, 0.3) is 0 Å². The molecule has 0 unspecified atom stereocenters. The second-order valence-corrected chi connectivity index (χ2v) is 12.3. The molecular weight excluding hydrogens is 594 g/mol. The van der Waals surface area contributed by atoms with Gasteiger partial charge in [0, 0.05) is 48.1 Å². The van der Waals surface area contributed by atoms with Crippen LogP contribution in [0.15, 0.2) is 58.4 Å². The number of hydrogen-bond acceptors (Lipinski definition) is 9. The van der Waals surface area contributed by atoms with Crippen LogP contribution in [-0.4, -0.2) is 78.7 Å². The largest absolute Gasteiger partial charge is 0.514 e. The molecule has 1 amide bonds. The van der Waals surface area contributed by atoms with Crippen molar-refractivity contribution in [1.29, 1.82) is 0 Å². The fraction of sp³-hybridized carbons (Fsp3) is 0.387. The number of rotatable bonds is 3. The molecule has 44 heavy (non-hydrogen) atoms. The number of halogens is 2. The zero-order valence-corrected chi connectivity index (χ0v) is 24.7. The zero-order chi connectivity index (χ0) is 30.5. The summed E-state index contributed by atoms with van der Waals surface area (Å²) in [5.41, 5.74) is 0.694. The topological polar surface area (TPSA) is 93.5 Å². The number of ether oxygens (including phenoxy) is 3. The standard InChI is InChI=1S/C31H30F2N4O6S/c1-34-11-8-18(9-12-34)42-31(40)43-29-23(38)10-13-36-28(29)30(39)35-14-15-41-16-25(35)37(36)27-19-6-7-22(32)26(33)21(19)17-44-24-5-3-2-4-20(24)27/h2-7,10,13,18,25,27H,8-9,11-12,14-17H2,1H3/t25-,27+/m1/s1. The third kappa shape index (κ3) is 4.92. The lowest BCUT2D eigenvalue weighted by Crippen LogP contribution is -2.66. The summed E-state index contributed by atoms with van der Waals surface area (Å²) in [5.74, 6) is -2.66. The van der Waals surface area contributed by atoms with Crippen LogP contribution in [0.4, 0.5) is 13.6 Å². The van der Waals surface area contributed by atoms with Gasteiger partial charge < -0.3 is 24.0 Å². The number of pyridine rings is 1. The van der Waals surface area contributed by atoms with Gasteiger partial charge in [-0.05, 0) is 43.1 Å². The number of amides is 1. The van der Waals surface area contributed by atoms with Crippen LogP contribution in [0.3, 0.4) is 0 Å². The monoisotopic (exact) mass is 624 g/mol. The van der Waals surface area contributed by atoms with Crippen LogP contribution >= 0.6 is 11.8 Å². The highest BCUT2D eigenvalue weighted by molar-refractivity contribution is 7.98. The van der Waals surface area contributed by atoms with E-state index in [1.165, 1.54) is 28.7 Å². The second kappa shape index (κ2) is 11.5. The Morgan fingerprint density at radius 1 is 1.02 bits per heavy atom. The van der Waals surface area contributed by atoms with Gasteiger partial charge in [0.2, 0.25) is 11.2 Å². The minimum absolute atomic E-state index is 0.122. The molecule has 7 rings (SSSR count). The Labute approximate surface area is 256 Å². The lowest BCUT2D eigenvalue weighted by atomic mass is 9.93. The number of hydrogen-bond donors (Lipinski definition) is 0. The summed E-state index contributed by atoms with van der Waals surface area (Å²) in [6.07, 6.45) is 0.575. The van der Waals surface area contributed by atoms with Gasteiger partial charge in [-0.1, -0.05) is 24.3 Å². The maximum Gasteiger partial charge on any atom is 0.514 e. The molecule has 0 radical (unpaired) electrons. The third-order valence-electron chi connectivity index (χ3n) is 8.65. The Bertz CT molecular complexity index is 1690. The van der Waals surface area contributed by atoms with Gasteiger partial charge in [-0.25, -0.2) is 13.6 Å². The number of thioether (sulfide) groups is 1. The first kappa shape index (κ1) is 28.8. The lowest BCUT2D eigenvalue weighted by Gasteiger charge is -2.51. The highest BCUT2D eigenvalue weighted by Crippen LogP contribution is 2.45. The minimum atomic E-state index is -1.06. The van der Waals surface area contributed by atoms with Crippen molar-refractivity contribution in [3.8, 4) is 5.75 Å². The first-order chi connectivity index (χ1) is 21.3. The molecule has 0 spiro atoms. The van der Waals surface area contributed by atoms with Crippen LogP contribution in [0, 0.1) is 11.6 Å². The molecule has 2 atom stereocenters. The summed E-state index contributed by atoms with van der Waals surface area (Å²) in [6.45, 7) is 2.09. The van der Waals surface area contributed by atoms with Crippen molar-refractivity contribution in [3.05, 3.63) is 92.9 Å². The highest BCUT2D eigenvalue weighted by Gasteiger charge is 2.46. The number of carbonyl (C=O) groups is 2. The van der Waals surface area contributed by atoms with Crippen LogP contribution in [0.2, 0.25) is 0 Å². The van der Waals surface area contributed by atoms with E-state index in [1.807, 2.05) is 36.3 Å². The molecule has 0 saturated carbocycles. The molecule has 2 aromatic carbocycles. The molecule has 4 aliphatic rings. The van der Waals surface area contributed by atoms with E-state index in [4.69, 9.17) is 14.2 Å². The summed E-state index contributed by atoms with van der Waals surface area (Å²) in [7, 11) is 1.98. The molecular formula is C31H30F2N4O6S. The Morgan fingerprint density at radius 2 is 1.82 bits per heavy atom. The molecule has 0 bridgehead atoms. The number of aromatic nitrogens is 1. The molecule has 4 aliphatic heterocycles. The van der Waals surface area contributed by atoms with E-state index in [0.717, 1.165) is 29.6 Å². The van der Waals surface area contributed by atoms with Crippen molar-refractivity contribution < 1.29 is 32.6 Å². The van der Waals surface area contributed by atoms with Gasteiger partial charge >= 0.3 is 6.16 Å². The average Bonchev–Trinajstić information content (AvgIpc) is 3.19. The van der Waals surface area contributed by atoms with Crippen LogP contribution in [-0.2, 0) is 15.2 Å². The average molecular weight is 625 g/mol. The molecule has 0 aliphatic carbocycles. The van der Waals surface area contributed by atoms with Gasteiger partial charge in [-0.2, -0.15) is 0 Å². The molecule has 0 N–H and O–H groups in total. The van der Waals surface area contributed by atoms with Crippen LogP contribution in [0.5, 0.6) is 5.75 Å². The zero-order valence-electron chi connectivity index (χ0n) is 23.9. The number of fused-ring (bicyclic) bond motifs is 4.